The fourth-order valence-electron chi connectivity index (χ4n) is 1.87. The molecule has 0 aliphatic rings. The number of phenolic OH excluding ortho intramolecular Hbond substituents is 1. The van der Waals surface area contributed by atoms with Crippen molar-refractivity contribution in [2.75, 3.05) is 12.4 Å². The number of benzene rings is 2. The van der Waals surface area contributed by atoms with Crippen molar-refractivity contribution in [3.63, 3.8) is 0 Å². The number of aromatic hydroxyl groups is 1. The van der Waals surface area contributed by atoms with Crippen molar-refractivity contribution in [1.82, 2.24) is 0 Å². The monoisotopic (exact) mass is 271 g/mol. The number of carbonyl (C=O) groups is 1. The Labute approximate surface area is 118 Å². The van der Waals surface area contributed by atoms with E-state index in [4.69, 9.17) is 4.74 Å². The lowest BCUT2D eigenvalue weighted by atomic mass is 10.1. The number of hydrogen-bond acceptors (Lipinski definition) is 3. The van der Waals surface area contributed by atoms with E-state index in [9.17, 15) is 9.90 Å². The highest BCUT2D eigenvalue weighted by Crippen LogP contribution is 2.24. The van der Waals surface area contributed by atoms with Crippen LogP contribution in [0.15, 0.2) is 42.5 Å². The molecule has 0 spiro atoms. The first-order valence-electron chi connectivity index (χ1n) is 6.31. The van der Waals surface area contributed by atoms with Crippen LogP contribution in [0.5, 0.6) is 11.5 Å². The molecule has 2 aromatic rings. The predicted octanol–water partition coefficient (Wildman–Crippen LogP) is 2.89. The Balaban J connectivity index is 2.01. The maximum Gasteiger partial charge on any atom is 0.228 e. The minimum absolute atomic E-state index is 0.0769. The van der Waals surface area contributed by atoms with E-state index in [0.29, 0.717) is 5.69 Å². The van der Waals surface area contributed by atoms with Crippen molar-refractivity contribution in [1.29, 1.82) is 0 Å². The molecular weight excluding hydrogens is 254 g/mol. The Morgan fingerprint density at radius 2 is 1.90 bits per heavy atom. The Kier molecular flexibility index (Phi) is 4.25. The zero-order valence-electron chi connectivity index (χ0n) is 11.5. The molecule has 4 nitrogen and oxygen atoms in total. The molecule has 0 heterocycles. The molecular formula is C16H17NO3. The van der Waals surface area contributed by atoms with Gasteiger partial charge in [0.2, 0.25) is 5.91 Å². The molecule has 1 amide bonds. The summed E-state index contributed by atoms with van der Waals surface area (Å²) in [5.74, 6) is 0.660. The number of aryl methyl sites for hydroxylation is 1. The fourth-order valence-corrected chi connectivity index (χ4v) is 1.87. The average Bonchev–Trinajstić information content (AvgIpc) is 2.43. The molecule has 0 radical (unpaired) electrons. The van der Waals surface area contributed by atoms with Crippen molar-refractivity contribution in [3.05, 3.63) is 53.6 Å². The zero-order chi connectivity index (χ0) is 14.5. The molecule has 2 aromatic carbocycles. The van der Waals surface area contributed by atoms with Crippen molar-refractivity contribution >= 4 is 11.6 Å². The number of anilines is 1. The van der Waals surface area contributed by atoms with Gasteiger partial charge in [-0.15, -0.1) is 0 Å². The van der Waals surface area contributed by atoms with Gasteiger partial charge in [-0.05, 0) is 42.3 Å². The van der Waals surface area contributed by atoms with Crippen LogP contribution >= 0.6 is 0 Å². The second kappa shape index (κ2) is 6.10. The largest absolute Gasteiger partial charge is 0.506 e. The van der Waals surface area contributed by atoms with Crippen LogP contribution in [0.2, 0.25) is 0 Å². The van der Waals surface area contributed by atoms with Crippen molar-refractivity contribution in [2.24, 2.45) is 0 Å². The molecule has 0 saturated heterocycles. The number of hydrogen-bond donors (Lipinski definition) is 2. The van der Waals surface area contributed by atoms with Gasteiger partial charge in [-0.1, -0.05) is 18.2 Å². The number of nitrogens with one attached hydrogen (secondary N) is 1. The van der Waals surface area contributed by atoms with Crippen molar-refractivity contribution < 1.29 is 14.6 Å². The molecule has 20 heavy (non-hydrogen) atoms. The van der Waals surface area contributed by atoms with E-state index in [1.807, 2.05) is 37.3 Å². The summed E-state index contributed by atoms with van der Waals surface area (Å²) in [7, 11) is 1.60. The van der Waals surface area contributed by atoms with Crippen LogP contribution in [-0.2, 0) is 11.2 Å². The summed E-state index contributed by atoms with van der Waals surface area (Å²) in [6, 6.07) is 12.4. The maximum absolute atomic E-state index is 11.9. The van der Waals surface area contributed by atoms with Crippen LogP contribution in [0.3, 0.4) is 0 Å². The van der Waals surface area contributed by atoms with Gasteiger partial charge in [-0.3, -0.25) is 4.79 Å². The number of carbonyl (C=O) groups excluding carboxylic acids is 1. The highest BCUT2D eigenvalue weighted by Gasteiger charge is 2.07. The van der Waals surface area contributed by atoms with Crippen LogP contribution in [-0.4, -0.2) is 18.1 Å². The molecule has 0 aliphatic carbocycles. The van der Waals surface area contributed by atoms with Crippen LogP contribution in [0.25, 0.3) is 0 Å². The third-order valence-electron chi connectivity index (χ3n) is 2.95. The van der Waals surface area contributed by atoms with E-state index in [1.165, 1.54) is 0 Å². The van der Waals surface area contributed by atoms with E-state index in [2.05, 4.69) is 5.32 Å². The van der Waals surface area contributed by atoms with Gasteiger partial charge in [0.1, 0.15) is 11.5 Å². The Morgan fingerprint density at radius 1 is 1.20 bits per heavy atom. The average molecular weight is 271 g/mol. The first-order valence-corrected chi connectivity index (χ1v) is 6.31. The molecule has 0 bridgehead atoms. The normalized spacial score (nSPS) is 10.1. The molecule has 0 fully saturated rings. The summed E-state index contributed by atoms with van der Waals surface area (Å²) in [5.41, 5.74) is 2.25. The van der Waals surface area contributed by atoms with Gasteiger partial charge in [0.05, 0.1) is 19.2 Å². The predicted molar refractivity (Wildman–Crippen MR) is 78.2 cm³/mol. The Morgan fingerprint density at radius 3 is 2.50 bits per heavy atom. The Bertz CT molecular complexity index is 606. The molecule has 0 aromatic heterocycles. The summed E-state index contributed by atoms with van der Waals surface area (Å²) in [6.45, 7) is 1.88. The number of ether oxygens (including phenoxy) is 1. The lowest BCUT2D eigenvalue weighted by Crippen LogP contribution is -2.14. The molecule has 2 N–H and O–H groups in total. The highest BCUT2D eigenvalue weighted by molar-refractivity contribution is 5.93. The number of rotatable bonds is 4. The maximum atomic E-state index is 11.9. The fraction of sp³-hybridized carbons (Fsp3) is 0.188. The molecule has 0 aliphatic heterocycles. The first kappa shape index (κ1) is 13.9. The zero-order valence-corrected chi connectivity index (χ0v) is 11.5. The van der Waals surface area contributed by atoms with Gasteiger partial charge in [-0.2, -0.15) is 0 Å². The van der Waals surface area contributed by atoms with E-state index in [0.717, 1.165) is 16.9 Å². The molecule has 2 rings (SSSR count). The molecule has 104 valence electrons. The summed E-state index contributed by atoms with van der Waals surface area (Å²) in [6.07, 6.45) is 0.247. The third kappa shape index (κ3) is 3.51. The third-order valence-corrected chi connectivity index (χ3v) is 2.95. The van der Waals surface area contributed by atoms with E-state index in [1.54, 1.807) is 19.2 Å². The number of amides is 1. The van der Waals surface area contributed by atoms with Gasteiger partial charge in [-0.25, -0.2) is 0 Å². The number of phenols is 1. The summed E-state index contributed by atoms with van der Waals surface area (Å²) in [4.78, 5) is 11.9. The van der Waals surface area contributed by atoms with Gasteiger partial charge in [0.25, 0.3) is 0 Å². The smallest absolute Gasteiger partial charge is 0.228 e. The van der Waals surface area contributed by atoms with E-state index >= 15 is 0 Å². The Hall–Kier alpha value is -2.49. The van der Waals surface area contributed by atoms with Crippen molar-refractivity contribution in [2.45, 2.75) is 13.3 Å². The second-order valence-electron chi connectivity index (χ2n) is 4.59. The van der Waals surface area contributed by atoms with Crippen LogP contribution < -0.4 is 10.1 Å². The molecule has 0 atom stereocenters. The van der Waals surface area contributed by atoms with Gasteiger partial charge in [0, 0.05) is 0 Å². The minimum Gasteiger partial charge on any atom is -0.506 e. The lowest BCUT2D eigenvalue weighted by molar-refractivity contribution is -0.115. The van der Waals surface area contributed by atoms with Gasteiger partial charge in [0.15, 0.2) is 0 Å². The summed E-state index contributed by atoms with van der Waals surface area (Å²) in [5, 5.41) is 12.4. The van der Waals surface area contributed by atoms with Crippen LogP contribution in [0.1, 0.15) is 11.1 Å². The topological polar surface area (TPSA) is 58.6 Å². The van der Waals surface area contributed by atoms with Crippen LogP contribution in [0, 0.1) is 6.92 Å². The number of methoxy groups -OCH3 is 1. The van der Waals surface area contributed by atoms with Gasteiger partial charge < -0.3 is 15.2 Å². The SMILES string of the molecule is COc1ccc(CC(=O)Nc2ccc(C)cc2O)cc1. The lowest BCUT2D eigenvalue weighted by Gasteiger charge is -2.08. The summed E-state index contributed by atoms with van der Waals surface area (Å²) < 4.78 is 5.06. The summed E-state index contributed by atoms with van der Waals surface area (Å²) >= 11 is 0. The molecule has 4 heteroatoms. The first-order chi connectivity index (χ1) is 9.58. The minimum atomic E-state index is -0.172. The molecule has 0 unspecified atom stereocenters. The van der Waals surface area contributed by atoms with E-state index < -0.39 is 0 Å². The van der Waals surface area contributed by atoms with Gasteiger partial charge >= 0.3 is 0 Å². The van der Waals surface area contributed by atoms with E-state index in [-0.39, 0.29) is 18.1 Å². The molecule has 0 saturated carbocycles. The highest BCUT2D eigenvalue weighted by atomic mass is 16.5. The standard InChI is InChI=1S/C16H17NO3/c1-11-3-8-14(15(18)9-11)17-16(19)10-12-4-6-13(20-2)7-5-12/h3-9,18H,10H2,1-2H3,(H,17,19). The quantitative estimate of drug-likeness (QED) is 0.841. The van der Waals surface area contributed by atoms with Crippen molar-refractivity contribution in [3.8, 4) is 11.5 Å². The van der Waals surface area contributed by atoms with Crippen LogP contribution in [0.4, 0.5) is 5.69 Å². The second-order valence-corrected chi connectivity index (χ2v) is 4.59.